The Morgan fingerprint density at radius 1 is 1.00 bits per heavy atom. The Bertz CT molecular complexity index is 218. The lowest BCUT2D eigenvalue weighted by Crippen LogP contribution is -2.35. The lowest BCUT2D eigenvalue weighted by molar-refractivity contribution is -0.218. The minimum atomic E-state index is -4.32. The van der Waals surface area contributed by atoms with E-state index in [1.807, 2.05) is 0 Å². The SMILES string of the molecule is CCCCCCC[C@@H]1O[C@@H](C)[C@@H](C(F)(F)F)O1. The van der Waals surface area contributed by atoms with Gasteiger partial charge in [-0.1, -0.05) is 32.6 Å². The minimum Gasteiger partial charge on any atom is -0.347 e. The van der Waals surface area contributed by atoms with Gasteiger partial charge in [0.25, 0.3) is 0 Å². The van der Waals surface area contributed by atoms with Crippen molar-refractivity contribution < 1.29 is 22.6 Å². The highest BCUT2D eigenvalue weighted by atomic mass is 19.4. The molecule has 1 heterocycles. The van der Waals surface area contributed by atoms with E-state index in [9.17, 15) is 13.2 Å². The largest absolute Gasteiger partial charge is 0.417 e. The van der Waals surface area contributed by atoms with Gasteiger partial charge in [-0.15, -0.1) is 0 Å². The van der Waals surface area contributed by atoms with Gasteiger partial charge in [0.2, 0.25) is 0 Å². The van der Waals surface area contributed by atoms with Crippen LogP contribution >= 0.6 is 0 Å². The maximum absolute atomic E-state index is 12.5. The molecule has 0 spiro atoms. The molecule has 0 aromatic rings. The van der Waals surface area contributed by atoms with Gasteiger partial charge in [0, 0.05) is 0 Å². The van der Waals surface area contributed by atoms with Crippen molar-refractivity contribution in [3.05, 3.63) is 0 Å². The molecule has 1 aliphatic heterocycles. The molecule has 1 saturated heterocycles. The second-order valence-electron chi connectivity index (χ2n) is 4.57. The van der Waals surface area contributed by atoms with Gasteiger partial charge < -0.3 is 9.47 Å². The van der Waals surface area contributed by atoms with Crippen LogP contribution in [0.3, 0.4) is 0 Å². The molecule has 0 N–H and O–H groups in total. The Hall–Kier alpha value is -0.290. The topological polar surface area (TPSA) is 18.5 Å². The van der Waals surface area contributed by atoms with Gasteiger partial charge in [-0.2, -0.15) is 13.2 Å². The van der Waals surface area contributed by atoms with E-state index in [4.69, 9.17) is 9.47 Å². The van der Waals surface area contributed by atoms with E-state index in [1.165, 1.54) is 13.3 Å². The fourth-order valence-corrected chi connectivity index (χ4v) is 2.01. The number of ether oxygens (including phenoxy) is 2. The Kier molecular flexibility index (Phi) is 5.73. The molecule has 1 aliphatic rings. The summed E-state index contributed by atoms with van der Waals surface area (Å²) in [7, 11) is 0. The van der Waals surface area contributed by atoms with Crippen LogP contribution in [0, 0.1) is 0 Å². The third kappa shape index (κ3) is 4.84. The molecule has 102 valence electrons. The van der Waals surface area contributed by atoms with Gasteiger partial charge in [-0.05, 0) is 19.8 Å². The Balaban J connectivity index is 2.20. The van der Waals surface area contributed by atoms with Crippen LogP contribution in [0.5, 0.6) is 0 Å². The predicted octanol–water partition coefficient (Wildman–Crippen LogP) is 4.04. The van der Waals surface area contributed by atoms with Crippen molar-refractivity contribution in [3.8, 4) is 0 Å². The minimum absolute atomic E-state index is 0.556. The molecule has 1 rings (SSSR count). The molecule has 2 nitrogen and oxygen atoms in total. The average Bonchev–Trinajstić information content (AvgIpc) is 2.59. The second-order valence-corrected chi connectivity index (χ2v) is 4.57. The maximum Gasteiger partial charge on any atom is 0.417 e. The van der Waals surface area contributed by atoms with Crippen LogP contribution in [0.2, 0.25) is 0 Å². The van der Waals surface area contributed by atoms with E-state index in [-0.39, 0.29) is 0 Å². The van der Waals surface area contributed by atoms with E-state index in [0.29, 0.717) is 6.42 Å². The quantitative estimate of drug-likeness (QED) is 0.666. The first-order valence-electron chi connectivity index (χ1n) is 6.32. The first-order valence-corrected chi connectivity index (χ1v) is 6.32. The number of rotatable bonds is 6. The summed E-state index contributed by atoms with van der Waals surface area (Å²) in [6.45, 7) is 3.54. The Morgan fingerprint density at radius 3 is 2.18 bits per heavy atom. The molecule has 0 amide bonds. The smallest absolute Gasteiger partial charge is 0.347 e. The normalized spacial score (nSPS) is 29.8. The van der Waals surface area contributed by atoms with Crippen molar-refractivity contribution in [1.29, 1.82) is 0 Å². The summed E-state index contributed by atoms with van der Waals surface area (Å²) in [5, 5.41) is 0. The van der Waals surface area contributed by atoms with Gasteiger partial charge in [0.15, 0.2) is 12.4 Å². The van der Waals surface area contributed by atoms with E-state index in [0.717, 1.165) is 25.7 Å². The van der Waals surface area contributed by atoms with Crippen LogP contribution in [0.15, 0.2) is 0 Å². The van der Waals surface area contributed by atoms with Crippen molar-refractivity contribution in [3.63, 3.8) is 0 Å². The highest BCUT2D eigenvalue weighted by Crippen LogP contribution is 2.34. The maximum atomic E-state index is 12.5. The van der Waals surface area contributed by atoms with Crippen molar-refractivity contribution >= 4 is 0 Å². The van der Waals surface area contributed by atoms with Crippen LogP contribution in [0.1, 0.15) is 52.4 Å². The van der Waals surface area contributed by atoms with Crippen LogP contribution in [-0.4, -0.2) is 24.7 Å². The first-order chi connectivity index (χ1) is 7.95. The van der Waals surface area contributed by atoms with Crippen molar-refractivity contribution in [1.82, 2.24) is 0 Å². The highest BCUT2D eigenvalue weighted by Gasteiger charge is 2.50. The molecular formula is C12H21F3O2. The Morgan fingerprint density at radius 2 is 1.65 bits per heavy atom. The second kappa shape index (κ2) is 6.59. The fourth-order valence-electron chi connectivity index (χ4n) is 2.01. The summed E-state index contributed by atoms with van der Waals surface area (Å²) >= 11 is 0. The average molecular weight is 254 g/mol. The molecule has 1 fully saturated rings. The number of alkyl halides is 3. The molecule has 0 unspecified atom stereocenters. The van der Waals surface area contributed by atoms with Crippen LogP contribution in [-0.2, 0) is 9.47 Å². The lowest BCUT2D eigenvalue weighted by atomic mass is 10.1. The van der Waals surface area contributed by atoms with Crippen molar-refractivity contribution in [2.45, 2.75) is 77.0 Å². The molecule has 0 aromatic carbocycles. The van der Waals surface area contributed by atoms with E-state index < -0.39 is 24.7 Å². The molecular weight excluding hydrogens is 233 g/mol. The van der Waals surface area contributed by atoms with Crippen LogP contribution in [0.4, 0.5) is 13.2 Å². The van der Waals surface area contributed by atoms with E-state index in [2.05, 4.69) is 6.92 Å². The summed E-state index contributed by atoms with van der Waals surface area (Å²) < 4.78 is 47.5. The van der Waals surface area contributed by atoms with Gasteiger partial charge in [0.1, 0.15) is 0 Å². The molecule has 0 bridgehead atoms. The zero-order valence-electron chi connectivity index (χ0n) is 10.4. The summed E-state index contributed by atoms with van der Waals surface area (Å²) in [5.41, 5.74) is 0. The van der Waals surface area contributed by atoms with Crippen molar-refractivity contribution in [2.75, 3.05) is 0 Å². The molecule has 0 aromatic heterocycles. The van der Waals surface area contributed by atoms with E-state index in [1.54, 1.807) is 0 Å². The molecule has 5 heteroatoms. The van der Waals surface area contributed by atoms with Crippen LogP contribution < -0.4 is 0 Å². The van der Waals surface area contributed by atoms with Gasteiger partial charge in [0.05, 0.1) is 6.10 Å². The van der Waals surface area contributed by atoms with Crippen molar-refractivity contribution in [2.24, 2.45) is 0 Å². The highest BCUT2D eigenvalue weighted by molar-refractivity contribution is 4.80. The Labute approximate surface area is 100 Å². The molecule has 0 radical (unpaired) electrons. The van der Waals surface area contributed by atoms with Gasteiger partial charge in [-0.25, -0.2) is 0 Å². The number of halogens is 3. The van der Waals surface area contributed by atoms with E-state index >= 15 is 0 Å². The molecule has 0 aliphatic carbocycles. The number of hydrogen-bond acceptors (Lipinski definition) is 2. The molecule has 3 atom stereocenters. The zero-order chi connectivity index (χ0) is 12.9. The number of unbranched alkanes of at least 4 members (excludes halogenated alkanes) is 4. The summed E-state index contributed by atoms with van der Waals surface area (Å²) in [6.07, 6.45) is -1.75. The van der Waals surface area contributed by atoms with Gasteiger partial charge >= 0.3 is 6.18 Å². The molecule has 0 saturated carbocycles. The van der Waals surface area contributed by atoms with Gasteiger partial charge in [-0.3, -0.25) is 0 Å². The summed E-state index contributed by atoms with van der Waals surface area (Å²) in [4.78, 5) is 0. The third-order valence-corrected chi connectivity index (χ3v) is 2.96. The predicted molar refractivity (Wildman–Crippen MR) is 58.6 cm³/mol. The number of hydrogen-bond donors (Lipinski definition) is 0. The fraction of sp³-hybridized carbons (Fsp3) is 1.00. The monoisotopic (exact) mass is 254 g/mol. The zero-order valence-corrected chi connectivity index (χ0v) is 10.4. The summed E-state index contributed by atoms with van der Waals surface area (Å²) in [6, 6.07) is 0. The molecule has 17 heavy (non-hydrogen) atoms. The summed E-state index contributed by atoms with van der Waals surface area (Å²) in [5.74, 6) is 0. The lowest BCUT2D eigenvalue weighted by Gasteiger charge is -2.16. The third-order valence-electron chi connectivity index (χ3n) is 2.96. The first kappa shape index (κ1) is 14.8. The standard InChI is InChI=1S/C12H21F3O2/c1-3-4-5-6-7-8-10-16-9(2)11(17-10)12(13,14)15/h9-11H,3-8H2,1-2H3/t9-,10+,11-/m0/s1. The van der Waals surface area contributed by atoms with Crippen LogP contribution in [0.25, 0.3) is 0 Å².